The third-order valence-corrected chi connectivity index (χ3v) is 3.50. The maximum Gasteiger partial charge on any atom is 0.161 e. The number of anilines is 1. The number of rotatable bonds is 3. The molecule has 0 saturated heterocycles. The predicted molar refractivity (Wildman–Crippen MR) is 72.5 cm³/mol. The molecule has 1 unspecified atom stereocenters. The average Bonchev–Trinajstić information content (AvgIpc) is 2.35. The Morgan fingerprint density at radius 1 is 0.950 bits per heavy atom. The van der Waals surface area contributed by atoms with Gasteiger partial charge in [-0.1, -0.05) is 22.0 Å². The van der Waals surface area contributed by atoms with Gasteiger partial charge in [-0.25, -0.2) is 17.6 Å². The molecule has 2 rings (SSSR count). The molecule has 0 spiro atoms. The normalized spacial score (nSPS) is 12.3. The van der Waals surface area contributed by atoms with Gasteiger partial charge in [-0.3, -0.25) is 0 Å². The first-order chi connectivity index (χ1) is 9.38. The minimum absolute atomic E-state index is 0.160. The lowest BCUT2D eigenvalue weighted by Gasteiger charge is -2.18. The van der Waals surface area contributed by atoms with Gasteiger partial charge in [0.1, 0.15) is 11.6 Å². The second kappa shape index (κ2) is 5.83. The van der Waals surface area contributed by atoms with Crippen molar-refractivity contribution in [3.8, 4) is 0 Å². The molecule has 0 aliphatic rings. The fourth-order valence-corrected chi connectivity index (χ4v) is 2.49. The Labute approximate surface area is 121 Å². The SMILES string of the molecule is CC(Nc1cc(F)c(F)cc1F)c1ccc(F)cc1Br. The van der Waals surface area contributed by atoms with Crippen molar-refractivity contribution in [2.24, 2.45) is 0 Å². The summed E-state index contributed by atoms with van der Waals surface area (Å²) in [5.41, 5.74) is 0.503. The molecule has 0 aliphatic carbocycles. The van der Waals surface area contributed by atoms with E-state index in [0.717, 1.165) is 6.07 Å². The summed E-state index contributed by atoms with van der Waals surface area (Å²) in [6.45, 7) is 1.69. The minimum Gasteiger partial charge on any atom is -0.376 e. The van der Waals surface area contributed by atoms with Crippen LogP contribution in [0.1, 0.15) is 18.5 Å². The largest absolute Gasteiger partial charge is 0.376 e. The second-order valence-electron chi connectivity index (χ2n) is 4.28. The van der Waals surface area contributed by atoms with Gasteiger partial charge in [0.05, 0.1) is 5.69 Å². The lowest BCUT2D eigenvalue weighted by Crippen LogP contribution is -2.09. The standard InChI is InChI=1S/C14H10BrF4N/c1-7(9-3-2-8(16)4-10(9)15)20-14-6-12(18)11(17)5-13(14)19/h2-7,20H,1H3. The van der Waals surface area contributed by atoms with Crippen LogP contribution in [0.4, 0.5) is 23.2 Å². The van der Waals surface area contributed by atoms with E-state index in [0.29, 0.717) is 16.1 Å². The number of hydrogen-bond acceptors (Lipinski definition) is 1. The summed E-state index contributed by atoms with van der Waals surface area (Å²) in [6.07, 6.45) is 0. The minimum atomic E-state index is -1.25. The molecule has 0 saturated carbocycles. The lowest BCUT2D eigenvalue weighted by molar-refractivity contribution is 0.495. The van der Waals surface area contributed by atoms with Crippen molar-refractivity contribution in [3.05, 3.63) is 63.6 Å². The summed E-state index contributed by atoms with van der Waals surface area (Å²) >= 11 is 3.20. The first-order valence-electron chi connectivity index (χ1n) is 5.74. The number of hydrogen-bond donors (Lipinski definition) is 1. The molecule has 1 N–H and O–H groups in total. The summed E-state index contributed by atoms with van der Waals surface area (Å²) in [7, 11) is 0. The van der Waals surface area contributed by atoms with Crippen molar-refractivity contribution in [2.45, 2.75) is 13.0 Å². The van der Waals surface area contributed by atoms with Gasteiger partial charge in [-0.15, -0.1) is 0 Å². The van der Waals surface area contributed by atoms with Crippen LogP contribution in [-0.2, 0) is 0 Å². The molecule has 1 atom stereocenters. The van der Waals surface area contributed by atoms with Gasteiger partial charge in [0.15, 0.2) is 11.6 Å². The van der Waals surface area contributed by atoms with E-state index in [-0.39, 0.29) is 5.69 Å². The summed E-state index contributed by atoms with van der Waals surface area (Å²) in [6, 6.07) is 4.86. The number of nitrogens with one attached hydrogen (secondary N) is 1. The summed E-state index contributed by atoms with van der Waals surface area (Å²) in [4.78, 5) is 0. The molecular weight excluding hydrogens is 338 g/mol. The Morgan fingerprint density at radius 2 is 1.60 bits per heavy atom. The van der Waals surface area contributed by atoms with Crippen LogP contribution in [0, 0.1) is 23.3 Å². The summed E-state index contributed by atoms with van der Waals surface area (Å²) in [5, 5.41) is 2.72. The van der Waals surface area contributed by atoms with Gasteiger partial charge >= 0.3 is 0 Å². The van der Waals surface area contributed by atoms with E-state index in [4.69, 9.17) is 0 Å². The van der Waals surface area contributed by atoms with Crippen LogP contribution < -0.4 is 5.32 Å². The zero-order valence-electron chi connectivity index (χ0n) is 10.4. The third kappa shape index (κ3) is 3.12. The summed E-state index contributed by atoms with van der Waals surface area (Å²) < 4.78 is 53.0. The van der Waals surface area contributed by atoms with Crippen molar-refractivity contribution in [1.29, 1.82) is 0 Å². The lowest BCUT2D eigenvalue weighted by atomic mass is 10.1. The van der Waals surface area contributed by atoms with Gasteiger partial charge in [-0.2, -0.15) is 0 Å². The van der Waals surface area contributed by atoms with Crippen LogP contribution >= 0.6 is 15.9 Å². The average molecular weight is 348 g/mol. The molecule has 1 nitrogen and oxygen atoms in total. The zero-order chi connectivity index (χ0) is 14.9. The highest BCUT2D eigenvalue weighted by molar-refractivity contribution is 9.10. The Bertz CT molecular complexity index is 645. The van der Waals surface area contributed by atoms with Crippen LogP contribution in [0.3, 0.4) is 0 Å². The Hall–Kier alpha value is -1.56. The smallest absolute Gasteiger partial charge is 0.161 e. The van der Waals surface area contributed by atoms with Gasteiger partial charge in [0, 0.05) is 22.6 Å². The highest BCUT2D eigenvalue weighted by Gasteiger charge is 2.14. The molecule has 0 aromatic heterocycles. The highest BCUT2D eigenvalue weighted by Crippen LogP contribution is 2.28. The maximum absolute atomic E-state index is 13.5. The molecule has 2 aromatic carbocycles. The Kier molecular flexibility index (Phi) is 4.32. The van der Waals surface area contributed by atoms with Crippen molar-refractivity contribution in [1.82, 2.24) is 0 Å². The molecule has 0 heterocycles. The predicted octanol–water partition coefficient (Wildman–Crippen LogP) is 5.18. The van der Waals surface area contributed by atoms with Crippen molar-refractivity contribution < 1.29 is 17.6 Å². The molecule has 0 amide bonds. The topological polar surface area (TPSA) is 12.0 Å². The van der Waals surface area contributed by atoms with E-state index < -0.39 is 29.3 Å². The van der Waals surface area contributed by atoms with Crippen molar-refractivity contribution in [3.63, 3.8) is 0 Å². The molecule has 6 heteroatoms. The molecule has 2 aromatic rings. The number of halogens is 5. The fourth-order valence-electron chi connectivity index (χ4n) is 1.80. The van der Waals surface area contributed by atoms with Crippen molar-refractivity contribution >= 4 is 21.6 Å². The molecular formula is C14H10BrF4N. The van der Waals surface area contributed by atoms with E-state index in [1.165, 1.54) is 18.2 Å². The van der Waals surface area contributed by atoms with E-state index in [1.54, 1.807) is 6.92 Å². The van der Waals surface area contributed by atoms with Crippen molar-refractivity contribution in [2.75, 3.05) is 5.32 Å². The monoisotopic (exact) mass is 347 g/mol. The molecule has 0 radical (unpaired) electrons. The summed E-state index contributed by atoms with van der Waals surface area (Å²) in [5.74, 6) is -3.69. The quantitative estimate of drug-likeness (QED) is 0.595. The Morgan fingerprint density at radius 3 is 2.25 bits per heavy atom. The fraction of sp³-hybridized carbons (Fsp3) is 0.143. The van der Waals surface area contributed by atoms with E-state index in [1.807, 2.05) is 0 Å². The Balaban J connectivity index is 2.27. The molecule has 0 aliphatic heterocycles. The van der Waals surface area contributed by atoms with E-state index in [2.05, 4.69) is 21.2 Å². The van der Waals surface area contributed by atoms with Crippen LogP contribution in [0.25, 0.3) is 0 Å². The zero-order valence-corrected chi connectivity index (χ0v) is 11.9. The molecule has 0 bridgehead atoms. The van der Waals surface area contributed by atoms with Crippen LogP contribution in [0.2, 0.25) is 0 Å². The first-order valence-corrected chi connectivity index (χ1v) is 6.54. The maximum atomic E-state index is 13.5. The molecule has 106 valence electrons. The van der Waals surface area contributed by atoms with Crippen LogP contribution in [-0.4, -0.2) is 0 Å². The van der Waals surface area contributed by atoms with Crippen LogP contribution in [0.5, 0.6) is 0 Å². The second-order valence-corrected chi connectivity index (χ2v) is 5.13. The molecule has 0 fully saturated rings. The first kappa shape index (κ1) is 14.8. The molecule has 20 heavy (non-hydrogen) atoms. The van der Waals surface area contributed by atoms with E-state index >= 15 is 0 Å². The van der Waals surface area contributed by atoms with Gasteiger partial charge in [0.2, 0.25) is 0 Å². The van der Waals surface area contributed by atoms with Crippen LogP contribution in [0.15, 0.2) is 34.8 Å². The van der Waals surface area contributed by atoms with Gasteiger partial charge in [0.25, 0.3) is 0 Å². The van der Waals surface area contributed by atoms with E-state index in [9.17, 15) is 17.6 Å². The van der Waals surface area contributed by atoms with Gasteiger partial charge in [-0.05, 0) is 24.6 Å². The third-order valence-electron chi connectivity index (χ3n) is 2.81. The van der Waals surface area contributed by atoms with Gasteiger partial charge < -0.3 is 5.32 Å². The number of benzene rings is 2. The highest BCUT2D eigenvalue weighted by atomic mass is 79.9.